The Balaban J connectivity index is 1.53. The number of nitrogens with zero attached hydrogens (tertiary/aromatic N) is 2. The number of aliphatic hydroxyl groups is 1. The maximum Gasteiger partial charge on any atom is 0.145 e. The number of aliphatic hydroxyl groups excluding tert-OH is 1. The molecule has 1 aromatic heterocycles. The van der Waals surface area contributed by atoms with E-state index in [1.807, 2.05) is 12.1 Å². The van der Waals surface area contributed by atoms with E-state index in [9.17, 15) is 10.2 Å². The molecule has 1 aliphatic carbocycles. The third kappa shape index (κ3) is 4.53. The van der Waals surface area contributed by atoms with Crippen LogP contribution in [0.2, 0.25) is 10.0 Å². The van der Waals surface area contributed by atoms with E-state index in [1.165, 1.54) is 0 Å². The fraction of sp³-hybridized carbons (Fsp3) is 0.217. The zero-order valence-corrected chi connectivity index (χ0v) is 17.6. The molecule has 0 unspecified atom stereocenters. The van der Waals surface area contributed by atoms with Gasteiger partial charge in [-0.3, -0.25) is 0 Å². The number of phenolic OH excluding ortho intramolecular Hbond substituents is 1. The third-order valence-electron chi connectivity index (χ3n) is 5.19. The van der Waals surface area contributed by atoms with E-state index in [1.54, 1.807) is 36.7 Å². The van der Waals surface area contributed by atoms with Crippen LogP contribution in [0.15, 0.2) is 60.1 Å². The number of hydrogen-bond donors (Lipinski definition) is 2. The molecule has 1 fully saturated rings. The highest BCUT2D eigenvalue weighted by molar-refractivity contribution is 6.36. The monoisotopic (exact) mass is 442 g/mol. The number of benzene rings is 2. The highest BCUT2D eigenvalue weighted by Crippen LogP contribution is 2.35. The number of allylic oxidation sites excluding steroid dienone is 1. The lowest BCUT2D eigenvalue weighted by atomic mass is 9.91. The zero-order valence-electron chi connectivity index (χ0n) is 16.1. The van der Waals surface area contributed by atoms with Gasteiger partial charge in [0.05, 0.1) is 12.4 Å². The number of hydrogen-bond acceptors (Lipinski definition) is 5. The maximum absolute atomic E-state index is 10.2. The lowest BCUT2D eigenvalue weighted by molar-refractivity contribution is 0.260. The second-order valence-corrected chi connectivity index (χ2v) is 8.03. The summed E-state index contributed by atoms with van der Waals surface area (Å²) in [6.45, 7) is 0.114. The fourth-order valence-electron chi connectivity index (χ4n) is 3.31. The summed E-state index contributed by atoms with van der Waals surface area (Å²) in [5, 5.41) is 28.8. The van der Waals surface area contributed by atoms with Gasteiger partial charge in [-0.2, -0.15) is 10.2 Å². The van der Waals surface area contributed by atoms with Crippen LogP contribution in [-0.2, 0) is 6.42 Å². The van der Waals surface area contributed by atoms with Gasteiger partial charge < -0.3 is 14.9 Å². The molecular formula is C23H20Cl2N2O3. The highest BCUT2D eigenvalue weighted by atomic mass is 35.5. The van der Waals surface area contributed by atoms with Crippen molar-refractivity contribution in [2.75, 3.05) is 6.61 Å². The predicted molar refractivity (Wildman–Crippen MR) is 117 cm³/mol. The fourth-order valence-corrected chi connectivity index (χ4v) is 3.91. The van der Waals surface area contributed by atoms with E-state index in [2.05, 4.69) is 10.2 Å². The topological polar surface area (TPSA) is 75.5 Å². The summed E-state index contributed by atoms with van der Waals surface area (Å²) in [4.78, 5) is 0. The van der Waals surface area contributed by atoms with Gasteiger partial charge in [0, 0.05) is 27.6 Å². The number of aromatic nitrogens is 2. The van der Waals surface area contributed by atoms with E-state index in [-0.39, 0.29) is 12.4 Å². The van der Waals surface area contributed by atoms with E-state index in [4.69, 9.17) is 27.9 Å². The number of rotatable bonds is 6. The SMILES string of the molecule is OC(COc1cc(Cl)c(Cc2ccc(O)c(-c3ccnnc3)c2)c(Cl)c1)=C1CCC1. The normalized spacial score (nSPS) is 13.1. The van der Waals surface area contributed by atoms with Crippen molar-refractivity contribution >= 4 is 23.2 Å². The van der Waals surface area contributed by atoms with Crippen molar-refractivity contribution in [1.29, 1.82) is 0 Å². The van der Waals surface area contributed by atoms with Crippen molar-refractivity contribution in [3.05, 3.63) is 81.3 Å². The molecule has 3 aromatic rings. The summed E-state index contributed by atoms with van der Waals surface area (Å²) in [7, 11) is 0. The first-order valence-corrected chi connectivity index (χ1v) is 10.4. The Kier molecular flexibility index (Phi) is 6.11. The van der Waals surface area contributed by atoms with Crippen LogP contribution in [0.4, 0.5) is 0 Å². The van der Waals surface area contributed by atoms with Gasteiger partial charge in [0.2, 0.25) is 0 Å². The molecule has 0 bridgehead atoms. The Morgan fingerprint density at radius 2 is 1.80 bits per heavy atom. The molecular weight excluding hydrogens is 423 g/mol. The molecule has 154 valence electrons. The van der Waals surface area contributed by atoms with Crippen molar-refractivity contribution in [2.45, 2.75) is 25.7 Å². The van der Waals surface area contributed by atoms with E-state index in [0.29, 0.717) is 33.5 Å². The minimum absolute atomic E-state index is 0.114. The van der Waals surface area contributed by atoms with Crippen LogP contribution in [0, 0.1) is 0 Å². The standard InChI is InChI=1S/C23H20Cl2N2O3/c24-20-10-17(30-13-23(29)15-2-1-3-15)11-21(25)19(20)9-14-4-5-22(28)18(8-14)16-6-7-26-27-12-16/h4-8,10-12,28-29H,1-3,9,13H2. The van der Waals surface area contributed by atoms with Crippen LogP contribution in [0.1, 0.15) is 30.4 Å². The van der Waals surface area contributed by atoms with Crippen molar-refractivity contribution < 1.29 is 14.9 Å². The van der Waals surface area contributed by atoms with Gasteiger partial charge in [-0.25, -0.2) is 0 Å². The van der Waals surface area contributed by atoms with Gasteiger partial charge in [-0.05, 0) is 66.3 Å². The van der Waals surface area contributed by atoms with Crippen LogP contribution in [0.25, 0.3) is 11.1 Å². The summed E-state index contributed by atoms with van der Waals surface area (Å²) in [6, 6.07) is 10.5. The molecule has 2 aromatic carbocycles. The summed E-state index contributed by atoms with van der Waals surface area (Å²) in [5.74, 6) is 0.961. The van der Waals surface area contributed by atoms with E-state index in [0.717, 1.165) is 41.5 Å². The molecule has 0 saturated heterocycles. The second kappa shape index (κ2) is 8.94. The number of halogens is 2. The molecule has 1 aliphatic rings. The smallest absolute Gasteiger partial charge is 0.145 e. The summed E-state index contributed by atoms with van der Waals surface area (Å²) < 4.78 is 5.66. The Bertz CT molecular complexity index is 1070. The first kappa shape index (κ1) is 20.5. The molecule has 30 heavy (non-hydrogen) atoms. The second-order valence-electron chi connectivity index (χ2n) is 7.22. The van der Waals surface area contributed by atoms with Crippen LogP contribution in [0.5, 0.6) is 11.5 Å². The lowest BCUT2D eigenvalue weighted by Gasteiger charge is -2.19. The first-order valence-electron chi connectivity index (χ1n) is 9.61. The molecule has 5 nitrogen and oxygen atoms in total. The van der Waals surface area contributed by atoms with Crippen LogP contribution < -0.4 is 4.74 Å². The van der Waals surface area contributed by atoms with Gasteiger partial charge >= 0.3 is 0 Å². The average Bonchev–Trinajstić information content (AvgIpc) is 2.69. The predicted octanol–water partition coefficient (Wildman–Crippen LogP) is 6.12. The molecule has 2 N–H and O–H groups in total. The molecule has 0 atom stereocenters. The van der Waals surface area contributed by atoms with Gasteiger partial charge in [-0.15, -0.1) is 0 Å². The van der Waals surface area contributed by atoms with Gasteiger partial charge in [0.1, 0.15) is 23.9 Å². The Labute approximate surface area is 184 Å². The van der Waals surface area contributed by atoms with Crippen molar-refractivity contribution in [1.82, 2.24) is 10.2 Å². The number of aromatic hydroxyl groups is 1. The lowest BCUT2D eigenvalue weighted by Crippen LogP contribution is -2.09. The summed E-state index contributed by atoms with van der Waals surface area (Å²) >= 11 is 13.0. The molecule has 0 aliphatic heterocycles. The Morgan fingerprint density at radius 3 is 2.43 bits per heavy atom. The van der Waals surface area contributed by atoms with Crippen molar-refractivity contribution in [3.63, 3.8) is 0 Å². The van der Waals surface area contributed by atoms with Crippen LogP contribution in [0.3, 0.4) is 0 Å². The quantitative estimate of drug-likeness (QED) is 0.449. The first-order chi connectivity index (χ1) is 14.5. The molecule has 4 rings (SSSR count). The maximum atomic E-state index is 10.2. The van der Waals surface area contributed by atoms with E-state index < -0.39 is 0 Å². The van der Waals surface area contributed by atoms with Crippen LogP contribution >= 0.6 is 23.2 Å². The largest absolute Gasteiger partial charge is 0.509 e. The minimum Gasteiger partial charge on any atom is -0.509 e. The Hall–Kier alpha value is -2.76. The van der Waals surface area contributed by atoms with Crippen molar-refractivity contribution in [3.8, 4) is 22.6 Å². The van der Waals surface area contributed by atoms with Crippen LogP contribution in [-0.4, -0.2) is 27.0 Å². The summed E-state index contributed by atoms with van der Waals surface area (Å²) in [5.41, 5.74) is 4.18. The zero-order chi connectivity index (χ0) is 21.1. The molecule has 1 heterocycles. The highest BCUT2D eigenvalue weighted by Gasteiger charge is 2.16. The molecule has 0 amide bonds. The molecule has 0 spiro atoms. The third-order valence-corrected chi connectivity index (χ3v) is 5.87. The summed E-state index contributed by atoms with van der Waals surface area (Å²) in [6.07, 6.45) is 6.63. The minimum atomic E-state index is 0.114. The molecule has 1 saturated carbocycles. The van der Waals surface area contributed by atoms with Crippen molar-refractivity contribution in [2.24, 2.45) is 0 Å². The number of phenols is 1. The number of ether oxygens (including phenoxy) is 1. The van der Waals surface area contributed by atoms with Gasteiger partial charge in [-0.1, -0.05) is 29.3 Å². The van der Waals surface area contributed by atoms with Gasteiger partial charge in [0.15, 0.2) is 0 Å². The van der Waals surface area contributed by atoms with E-state index >= 15 is 0 Å². The molecule has 0 radical (unpaired) electrons. The average molecular weight is 443 g/mol. The molecule has 7 heteroatoms. The van der Waals surface area contributed by atoms with Gasteiger partial charge in [0.25, 0.3) is 0 Å². The Morgan fingerprint density at radius 1 is 1.03 bits per heavy atom.